The number of carboxylic acids is 1. The second-order valence-corrected chi connectivity index (χ2v) is 9.59. The lowest BCUT2D eigenvalue weighted by atomic mass is 10.0. The summed E-state index contributed by atoms with van der Waals surface area (Å²) in [6.45, 7) is 4.44. The fourth-order valence-electron chi connectivity index (χ4n) is 4.11. The van der Waals surface area contributed by atoms with Crippen molar-refractivity contribution in [2.24, 2.45) is 0 Å². The average Bonchev–Trinajstić information content (AvgIpc) is 2.79. The minimum Gasteiger partial charge on any atom is -0.481 e. The van der Waals surface area contributed by atoms with Gasteiger partial charge in [-0.25, -0.2) is 0 Å². The molecule has 0 spiro atoms. The molecule has 4 nitrogen and oxygen atoms in total. The molecule has 1 N–H and O–H groups in total. The van der Waals surface area contributed by atoms with Crippen LogP contribution < -0.4 is 0 Å². The van der Waals surface area contributed by atoms with Gasteiger partial charge in [0.1, 0.15) is 6.10 Å². The van der Waals surface area contributed by atoms with E-state index in [1.807, 2.05) is 0 Å². The first-order valence-electron chi connectivity index (χ1n) is 14.2. The molecule has 0 fully saturated rings. The number of allylic oxidation sites excluding steroid dienone is 1. The molecule has 4 heteroatoms. The topological polar surface area (TPSA) is 63.6 Å². The Hall–Kier alpha value is -1.32. The van der Waals surface area contributed by atoms with Crippen LogP contribution >= 0.6 is 0 Å². The Morgan fingerprint density at radius 1 is 0.667 bits per heavy atom. The summed E-state index contributed by atoms with van der Waals surface area (Å²) in [7, 11) is 0. The number of esters is 1. The number of rotatable bonds is 25. The summed E-state index contributed by atoms with van der Waals surface area (Å²) in [4.78, 5) is 22.8. The minimum absolute atomic E-state index is 0.0122. The summed E-state index contributed by atoms with van der Waals surface area (Å²) in [5, 5.41) is 8.64. The van der Waals surface area contributed by atoms with Gasteiger partial charge in [-0.2, -0.15) is 0 Å². The SMILES string of the molecule is CCCCCCCC(=O)O[C@@H](C/C=C\CCCCCCCCCC(=O)O)CCCCCCC. The van der Waals surface area contributed by atoms with Gasteiger partial charge in [0.15, 0.2) is 0 Å². The van der Waals surface area contributed by atoms with Gasteiger partial charge in [-0.05, 0) is 38.5 Å². The highest BCUT2D eigenvalue weighted by molar-refractivity contribution is 5.69. The molecular formula is C29H54O4. The summed E-state index contributed by atoms with van der Waals surface area (Å²) >= 11 is 0. The first-order valence-corrected chi connectivity index (χ1v) is 14.2. The molecule has 0 bridgehead atoms. The maximum atomic E-state index is 12.3. The van der Waals surface area contributed by atoms with Crippen LogP contribution in [0.1, 0.15) is 155 Å². The summed E-state index contributed by atoms with van der Waals surface area (Å²) in [6, 6.07) is 0. The number of ether oxygens (including phenoxy) is 1. The van der Waals surface area contributed by atoms with E-state index in [-0.39, 0.29) is 12.1 Å². The van der Waals surface area contributed by atoms with Crippen molar-refractivity contribution in [2.75, 3.05) is 0 Å². The van der Waals surface area contributed by atoms with Crippen molar-refractivity contribution in [1.29, 1.82) is 0 Å². The van der Waals surface area contributed by atoms with Crippen LogP contribution in [0.15, 0.2) is 12.2 Å². The number of hydrogen-bond donors (Lipinski definition) is 1. The molecule has 0 amide bonds. The van der Waals surface area contributed by atoms with E-state index in [0.717, 1.165) is 57.8 Å². The summed E-state index contributed by atoms with van der Waals surface area (Å²) < 4.78 is 5.84. The average molecular weight is 467 g/mol. The van der Waals surface area contributed by atoms with E-state index in [0.29, 0.717) is 12.8 Å². The lowest BCUT2D eigenvalue weighted by molar-refractivity contribution is -0.149. The predicted molar refractivity (Wildman–Crippen MR) is 140 cm³/mol. The smallest absolute Gasteiger partial charge is 0.306 e. The number of carbonyl (C=O) groups excluding carboxylic acids is 1. The first-order chi connectivity index (χ1) is 16.1. The highest BCUT2D eigenvalue weighted by Gasteiger charge is 2.13. The summed E-state index contributed by atoms with van der Waals surface area (Å²) in [5.41, 5.74) is 0. The first kappa shape index (κ1) is 31.7. The Balaban J connectivity index is 3.99. The molecule has 0 aliphatic rings. The third-order valence-electron chi connectivity index (χ3n) is 6.24. The molecule has 0 unspecified atom stereocenters. The highest BCUT2D eigenvalue weighted by atomic mass is 16.5. The van der Waals surface area contributed by atoms with E-state index < -0.39 is 5.97 Å². The zero-order valence-corrected chi connectivity index (χ0v) is 22.0. The summed E-state index contributed by atoms with van der Waals surface area (Å²) in [5.74, 6) is -0.695. The van der Waals surface area contributed by atoms with Gasteiger partial charge in [0, 0.05) is 19.3 Å². The van der Waals surface area contributed by atoms with Crippen molar-refractivity contribution in [3.63, 3.8) is 0 Å². The Bertz CT molecular complexity index is 472. The number of aliphatic carboxylic acids is 1. The Morgan fingerprint density at radius 2 is 1.18 bits per heavy atom. The number of hydrogen-bond acceptors (Lipinski definition) is 3. The fourth-order valence-corrected chi connectivity index (χ4v) is 4.11. The molecule has 0 aromatic heterocycles. The van der Waals surface area contributed by atoms with Crippen LogP contribution in [0.25, 0.3) is 0 Å². The monoisotopic (exact) mass is 466 g/mol. The van der Waals surface area contributed by atoms with Gasteiger partial charge in [0.05, 0.1) is 0 Å². The predicted octanol–water partition coefficient (Wildman–Crippen LogP) is 9.16. The molecule has 0 saturated heterocycles. The highest BCUT2D eigenvalue weighted by Crippen LogP contribution is 2.16. The van der Waals surface area contributed by atoms with Gasteiger partial charge in [0.2, 0.25) is 0 Å². The van der Waals surface area contributed by atoms with Gasteiger partial charge in [-0.15, -0.1) is 0 Å². The number of carboxylic acid groups (broad SMARTS) is 1. The quantitative estimate of drug-likeness (QED) is 0.0827. The van der Waals surface area contributed by atoms with Gasteiger partial charge < -0.3 is 9.84 Å². The maximum absolute atomic E-state index is 12.3. The van der Waals surface area contributed by atoms with Crippen molar-refractivity contribution in [3.8, 4) is 0 Å². The lowest BCUT2D eigenvalue weighted by Crippen LogP contribution is -2.17. The fraction of sp³-hybridized carbons (Fsp3) is 0.862. The van der Waals surface area contributed by atoms with Crippen molar-refractivity contribution < 1.29 is 19.4 Å². The molecule has 0 heterocycles. The van der Waals surface area contributed by atoms with Crippen LogP contribution in [0, 0.1) is 0 Å². The Labute approximate surface area is 204 Å². The second kappa shape index (κ2) is 25.3. The van der Waals surface area contributed by atoms with E-state index in [1.165, 1.54) is 70.6 Å². The van der Waals surface area contributed by atoms with Gasteiger partial charge in [-0.1, -0.05) is 109 Å². The molecule has 0 aliphatic carbocycles. The largest absolute Gasteiger partial charge is 0.481 e. The molecule has 0 radical (unpaired) electrons. The van der Waals surface area contributed by atoms with Gasteiger partial charge in [-0.3, -0.25) is 9.59 Å². The van der Waals surface area contributed by atoms with Crippen LogP contribution in [0.5, 0.6) is 0 Å². The molecule has 0 aliphatic heterocycles. The van der Waals surface area contributed by atoms with Crippen LogP contribution in [0.2, 0.25) is 0 Å². The van der Waals surface area contributed by atoms with Crippen LogP contribution in [-0.2, 0) is 14.3 Å². The molecule has 1 atom stereocenters. The van der Waals surface area contributed by atoms with Crippen molar-refractivity contribution in [1.82, 2.24) is 0 Å². The van der Waals surface area contributed by atoms with Gasteiger partial charge >= 0.3 is 11.9 Å². The standard InChI is InChI=1S/C29H54O4/c1-3-5-7-15-19-23-27(33-29(32)26-22-16-8-6-4-2)24-20-17-13-11-9-10-12-14-18-21-25-28(30)31/h17,20,27H,3-16,18-19,21-26H2,1-2H3,(H,30,31)/b20-17-/t27-/m1/s1. The Kier molecular flexibility index (Phi) is 24.3. The van der Waals surface area contributed by atoms with Crippen molar-refractivity contribution in [3.05, 3.63) is 12.2 Å². The van der Waals surface area contributed by atoms with E-state index in [4.69, 9.17) is 9.84 Å². The van der Waals surface area contributed by atoms with Crippen LogP contribution in [0.3, 0.4) is 0 Å². The van der Waals surface area contributed by atoms with E-state index >= 15 is 0 Å². The molecule has 194 valence electrons. The van der Waals surface area contributed by atoms with Crippen LogP contribution in [-0.4, -0.2) is 23.1 Å². The second-order valence-electron chi connectivity index (χ2n) is 9.59. The van der Waals surface area contributed by atoms with E-state index in [9.17, 15) is 9.59 Å². The van der Waals surface area contributed by atoms with Gasteiger partial charge in [0.25, 0.3) is 0 Å². The molecule has 0 rings (SSSR count). The van der Waals surface area contributed by atoms with Crippen molar-refractivity contribution in [2.45, 2.75) is 161 Å². The normalized spacial score (nSPS) is 12.3. The third kappa shape index (κ3) is 25.1. The van der Waals surface area contributed by atoms with E-state index in [1.54, 1.807) is 0 Å². The van der Waals surface area contributed by atoms with E-state index in [2.05, 4.69) is 26.0 Å². The Morgan fingerprint density at radius 3 is 1.79 bits per heavy atom. The lowest BCUT2D eigenvalue weighted by Gasteiger charge is -2.16. The van der Waals surface area contributed by atoms with Crippen molar-refractivity contribution >= 4 is 11.9 Å². The third-order valence-corrected chi connectivity index (χ3v) is 6.24. The summed E-state index contributed by atoms with van der Waals surface area (Å²) in [6.07, 6.45) is 28.2. The molecule has 33 heavy (non-hydrogen) atoms. The maximum Gasteiger partial charge on any atom is 0.306 e. The molecule has 0 aromatic carbocycles. The minimum atomic E-state index is -0.683. The zero-order chi connectivity index (χ0) is 24.4. The van der Waals surface area contributed by atoms with Crippen LogP contribution in [0.4, 0.5) is 0 Å². The number of carbonyl (C=O) groups is 2. The molecule has 0 saturated carbocycles. The molecule has 0 aromatic rings. The number of unbranched alkanes of at least 4 members (excludes halogenated alkanes) is 15. The molecular weight excluding hydrogens is 412 g/mol. The zero-order valence-electron chi connectivity index (χ0n) is 22.0.